The van der Waals surface area contributed by atoms with Crippen LogP contribution in [0.1, 0.15) is 12.1 Å². The summed E-state index contributed by atoms with van der Waals surface area (Å²) in [6, 6.07) is 14.1. The predicted octanol–water partition coefficient (Wildman–Crippen LogP) is 2.99. The van der Waals surface area contributed by atoms with Crippen LogP contribution in [0.5, 0.6) is 5.75 Å². The molecule has 4 aromatic rings. The second-order valence-electron chi connectivity index (χ2n) is 8.11. The molecule has 5 rings (SSSR count). The summed E-state index contributed by atoms with van der Waals surface area (Å²) in [6.07, 6.45) is 0.0866. The van der Waals surface area contributed by atoms with Gasteiger partial charge in [-0.15, -0.1) is 11.3 Å². The molecular formula is C24H22N6O4S. The first-order chi connectivity index (χ1) is 16.9. The lowest BCUT2D eigenvalue weighted by Gasteiger charge is -2.17. The highest BCUT2D eigenvalue weighted by Crippen LogP contribution is 2.30. The summed E-state index contributed by atoms with van der Waals surface area (Å²) in [5, 5.41) is 9.39. The Hall–Kier alpha value is -4.25. The molecule has 178 valence electrons. The van der Waals surface area contributed by atoms with E-state index in [1.54, 1.807) is 49.3 Å². The molecule has 1 fully saturated rings. The van der Waals surface area contributed by atoms with Crippen LogP contribution >= 0.6 is 11.3 Å². The van der Waals surface area contributed by atoms with E-state index in [0.29, 0.717) is 28.6 Å². The van der Waals surface area contributed by atoms with E-state index in [4.69, 9.17) is 4.74 Å². The number of benzene rings is 1. The van der Waals surface area contributed by atoms with E-state index in [1.165, 1.54) is 22.1 Å². The fourth-order valence-corrected chi connectivity index (χ4v) is 4.64. The molecule has 0 bridgehead atoms. The van der Waals surface area contributed by atoms with Crippen LogP contribution in [0.15, 0.2) is 58.7 Å². The first-order valence-electron chi connectivity index (χ1n) is 10.9. The summed E-state index contributed by atoms with van der Waals surface area (Å²) in [5.41, 5.74) is 1.53. The number of methoxy groups -OCH3 is 1. The maximum Gasteiger partial charge on any atom is 0.252 e. The first-order valence-corrected chi connectivity index (χ1v) is 11.8. The maximum atomic E-state index is 13.2. The Morgan fingerprint density at radius 3 is 2.69 bits per heavy atom. The molecule has 2 N–H and O–H groups in total. The molecule has 0 saturated carbocycles. The largest absolute Gasteiger partial charge is 0.497 e. The summed E-state index contributed by atoms with van der Waals surface area (Å²) in [7, 11) is 1.58. The van der Waals surface area contributed by atoms with Gasteiger partial charge in [0.05, 0.1) is 17.9 Å². The second-order valence-corrected chi connectivity index (χ2v) is 9.05. The van der Waals surface area contributed by atoms with E-state index in [-0.39, 0.29) is 36.3 Å². The zero-order chi connectivity index (χ0) is 24.5. The third-order valence-corrected chi connectivity index (χ3v) is 6.56. The summed E-state index contributed by atoms with van der Waals surface area (Å²) < 4.78 is 6.58. The average Bonchev–Trinajstić information content (AvgIpc) is 3.58. The van der Waals surface area contributed by atoms with Crippen molar-refractivity contribution in [1.29, 1.82) is 0 Å². The molecule has 4 heterocycles. The summed E-state index contributed by atoms with van der Waals surface area (Å²) >= 11 is 1.50. The lowest BCUT2D eigenvalue weighted by molar-refractivity contribution is -0.122. The summed E-state index contributed by atoms with van der Waals surface area (Å²) in [6.45, 7) is 1.96. The molecule has 0 unspecified atom stereocenters. The van der Waals surface area contributed by atoms with Gasteiger partial charge in [-0.2, -0.15) is 9.78 Å². The van der Waals surface area contributed by atoms with Gasteiger partial charge in [0.25, 0.3) is 5.56 Å². The highest BCUT2D eigenvalue weighted by atomic mass is 32.1. The van der Waals surface area contributed by atoms with E-state index in [9.17, 15) is 14.4 Å². The van der Waals surface area contributed by atoms with Crippen molar-refractivity contribution in [2.24, 2.45) is 5.92 Å². The molecule has 10 nitrogen and oxygen atoms in total. The van der Waals surface area contributed by atoms with Gasteiger partial charge in [-0.05, 0) is 42.6 Å². The number of nitrogens with one attached hydrogen (secondary N) is 2. The number of thiophene rings is 1. The molecule has 1 saturated heterocycles. The Bertz CT molecular complexity index is 1440. The number of aromatic nitrogens is 4. The van der Waals surface area contributed by atoms with Crippen molar-refractivity contribution in [3.8, 4) is 22.3 Å². The van der Waals surface area contributed by atoms with Crippen molar-refractivity contribution in [3.63, 3.8) is 0 Å². The highest BCUT2D eigenvalue weighted by molar-refractivity contribution is 7.13. The number of carbonyl (C=O) groups excluding carboxylic acids is 2. The first kappa shape index (κ1) is 22.5. The van der Waals surface area contributed by atoms with Crippen LogP contribution < -0.4 is 20.5 Å². The van der Waals surface area contributed by atoms with Gasteiger partial charge in [0, 0.05) is 36.5 Å². The minimum absolute atomic E-state index is 0.0866. The fourth-order valence-electron chi connectivity index (χ4n) is 3.96. The van der Waals surface area contributed by atoms with Gasteiger partial charge in [0.2, 0.25) is 17.8 Å². The van der Waals surface area contributed by atoms with Crippen LogP contribution in [-0.2, 0) is 9.59 Å². The molecule has 1 aromatic carbocycles. The maximum absolute atomic E-state index is 13.2. The number of anilines is 2. The zero-order valence-corrected chi connectivity index (χ0v) is 19.8. The number of amides is 2. The van der Waals surface area contributed by atoms with E-state index in [0.717, 1.165) is 4.88 Å². The Labute approximate surface area is 204 Å². The van der Waals surface area contributed by atoms with E-state index >= 15 is 0 Å². The monoisotopic (exact) mass is 490 g/mol. The van der Waals surface area contributed by atoms with Crippen LogP contribution in [0.3, 0.4) is 0 Å². The predicted molar refractivity (Wildman–Crippen MR) is 132 cm³/mol. The zero-order valence-electron chi connectivity index (χ0n) is 19.0. The quantitative estimate of drug-likeness (QED) is 0.429. The number of ether oxygens (including phenoxy) is 1. The SMILES string of the molecule is COc1ccc(N2C[C@H](C(=O)Nc3cc(-c4cccs4)nn3-c3nc(C)cc(=O)[nH]3)CC2=O)cc1. The van der Waals surface area contributed by atoms with Crippen LogP contribution in [0, 0.1) is 12.8 Å². The molecule has 1 aliphatic heterocycles. The van der Waals surface area contributed by atoms with Gasteiger partial charge in [0.1, 0.15) is 17.3 Å². The van der Waals surface area contributed by atoms with Crippen molar-refractivity contribution in [2.75, 3.05) is 23.9 Å². The van der Waals surface area contributed by atoms with Gasteiger partial charge in [-0.25, -0.2) is 4.98 Å². The second kappa shape index (κ2) is 9.18. The van der Waals surface area contributed by atoms with Crippen LogP contribution in [-0.4, -0.2) is 45.2 Å². The Kier molecular flexibility index (Phi) is 5.91. The number of nitrogens with zero attached hydrogens (tertiary/aromatic N) is 4. The molecule has 1 atom stereocenters. The number of carbonyl (C=O) groups is 2. The van der Waals surface area contributed by atoms with Crippen LogP contribution in [0.25, 0.3) is 16.5 Å². The Morgan fingerprint density at radius 1 is 1.20 bits per heavy atom. The molecule has 3 aromatic heterocycles. The lowest BCUT2D eigenvalue weighted by Crippen LogP contribution is -2.28. The van der Waals surface area contributed by atoms with Gasteiger partial charge in [-0.3, -0.25) is 19.4 Å². The van der Waals surface area contributed by atoms with Crippen LogP contribution in [0.2, 0.25) is 0 Å². The summed E-state index contributed by atoms with van der Waals surface area (Å²) in [5.74, 6) is 0.226. The summed E-state index contributed by atoms with van der Waals surface area (Å²) in [4.78, 5) is 47.4. The number of aryl methyl sites for hydroxylation is 1. The highest BCUT2D eigenvalue weighted by Gasteiger charge is 2.35. The van der Waals surface area contributed by atoms with Gasteiger partial charge < -0.3 is 15.0 Å². The molecule has 0 radical (unpaired) electrons. The number of hydrogen-bond donors (Lipinski definition) is 2. The number of aromatic amines is 1. The average molecular weight is 491 g/mol. The van der Waals surface area contributed by atoms with Crippen molar-refractivity contribution in [1.82, 2.24) is 19.7 Å². The minimum atomic E-state index is -0.553. The van der Waals surface area contributed by atoms with Crippen molar-refractivity contribution in [2.45, 2.75) is 13.3 Å². The third kappa shape index (κ3) is 4.58. The minimum Gasteiger partial charge on any atom is -0.497 e. The lowest BCUT2D eigenvalue weighted by atomic mass is 10.1. The topological polar surface area (TPSA) is 122 Å². The molecule has 11 heteroatoms. The van der Waals surface area contributed by atoms with E-state index < -0.39 is 5.92 Å². The molecule has 0 aliphatic carbocycles. The van der Waals surface area contributed by atoms with Crippen molar-refractivity contribution < 1.29 is 14.3 Å². The molecular weight excluding hydrogens is 468 g/mol. The fraction of sp³-hybridized carbons (Fsp3) is 0.208. The smallest absolute Gasteiger partial charge is 0.252 e. The normalized spacial score (nSPS) is 15.4. The van der Waals surface area contributed by atoms with Crippen LogP contribution in [0.4, 0.5) is 11.5 Å². The Balaban J connectivity index is 1.41. The molecule has 0 spiro atoms. The third-order valence-electron chi connectivity index (χ3n) is 5.67. The number of hydrogen-bond acceptors (Lipinski definition) is 7. The van der Waals surface area contributed by atoms with Gasteiger partial charge >= 0.3 is 0 Å². The van der Waals surface area contributed by atoms with E-state index in [2.05, 4.69) is 20.4 Å². The molecule has 1 aliphatic rings. The molecule has 2 amide bonds. The molecule has 35 heavy (non-hydrogen) atoms. The number of rotatable bonds is 6. The van der Waals surface area contributed by atoms with Gasteiger partial charge in [0.15, 0.2) is 0 Å². The van der Waals surface area contributed by atoms with Crippen molar-refractivity contribution >= 4 is 34.7 Å². The number of H-pyrrole nitrogens is 1. The van der Waals surface area contributed by atoms with Gasteiger partial charge in [-0.1, -0.05) is 6.07 Å². The Morgan fingerprint density at radius 2 is 2.00 bits per heavy atom. The standard InChI is InChI=1S/C24H22N6O4S/c1-14-10-21(31)27-24(25-14)30-20(12-18(28-30)19-4-3-9-35-19)26-23(33)15-11-22(32)29(13-15)16-5-7-17(34-2)8-6-16/h3-10,12,15H,11,13H2,1-2H3,(H,26,33)(H,25,27,31)/t15-/m1/s1. The van der Waals surface area contributed by atoms with Crippen molar-refractivity contribution in [3.05, 3.63) is 70.0 Å². The van der Waals surface area contributed by atoms with E-state index in [1.807, 2.05) is 17.5 Å².